The predicted octanol–water partition coefficient (Wildman–Crippen LogP) is 4.78. The van der Waals surface area contributed by atoms with Crippen LogP contribution in [0.2, 0.25) is 0 Å². The van der Waals surface area contributed by atoms with Crippen LogP contribution in [0.4, 0.5) is 15.9 Å². The van der Waals surface area contributed by atoms with Gasteiger partial charge in [-0.2, -0.15) is 0 Å². The summed E-state index contributed by atoms with van der Waals surface area (Å²) in [6.07, 6.45) is 3.89. The number of carbonyl (C=O) groups excluding carboxylic acids is 1. The topological polar surface area (TPSA) is 54.5 Å². The van der Waals surface area contributed by atoms with E-state index in [1.807, 2.05) is 23.1 Å². The smallest absolute Gasteiger partial charge is 0.256 e. The van der Waals surface area contributed by atoms with Crippen LogP contribution in [0, 0.1) is 12.7 Å². The van der Waals surface area contributed by atoms with Gasteiger partial charge in [-0.25, -0.2) is 9.37 Å². The first kappa shape index (κ1) is 19.0. The highest BCUT2D eigenvalue weighted by molar-refractivity contribution is 6.11. The summed E-state index contributed by atoms with van der Waals surface area (Å²) >= 11 is 0. The maximum absolute atomic E-state index is 14.6. The lowest BCUT2D eigenvalue weighted by Gasteiger charge is -2.27. The van der Waals surface area contributed by atoms with Gasteiger partial charge in [-0.15, -0.1) is 0 Å². The summed E-state index contributed by atoms with van der Waals surface area (Å²) in [4.78, 5) is 19.7. The number of ether oxygens (including phenoxy) is 1. The molecule has 5 rings (SSSR count). The molecule has 2 aliphatic rings. The second-order valence-corrected chi connectivity index (χ2v) is 8.03. The van der Waals surface area contributed by atoms with Gasteiger partial charge in [0.25, 0.3) is 5.91 Å². The highest BCUT2D eigenvalue weighted by Crippen LogP contribution is 2.45. The number of carbonyl (C=O) groups is 1. The van der Waals surface area contributed by atoms with Crippen LogP contribution in [0.25, 0.3) is 10.8 Å². The Morgan fingerprint density at radius 1 is 1.17 bits per heavy atom. The van der Waals surface area contributed by atoms with Crippen LogP contribution in [0.15, 0.2) is 42.6 Å². The van der Waals surface area contributed by atoms with Gasteiger partial charge < -0.3 is 15.0 Å². The van der Waals surface area contributed by atoms with E-state index in [-0.39, 0.29) is 11.7 Å². The maximum atomic E-state index is 14.6. The van der Waals surface area contributed by atoms with Crippen LogP contribution in [0.5, 0.6) is 0 Å². The van der Waals surface area contributed by atoms with E-state index in [0.29, 0.717) is 54.9 Å². The quantitative estimate of drug-likeness (QED) is 0.679. The number of aryl methyl sites for hydroxylation is 1. The summed E-state index contributed by atoms with van der Waals surface area (Å²) in [5.74, 6) is 0.725. The van der Waals surface area contributed by atoms with Crippen molar-refractivity contribution in [2.75, 3.05) is 31.6 Å². The van der Waals surface area contributed by atoms with Crippen LogP contribution in [0.1, 0.15) is 40.2 Å². The molecule has 1 aliphatic heterocycles. The Morgan fingerprint density at radius 3 is 2.70 bits per heavy atom. The second-order valence-electron chi connectivity index (χ2n) is 8.03. The molecule has 1 amide bonds. The van der Waals surface area contributed by atoms with E-state index >= 15 is 0 Å². The van der Waals surface area contributed by atoms with Crippen molar-refractivity contribution in [2.45, 2.75) is 25.7 Å². The Hall–Kier alpha value is -2.99. The first-order valence-electron chi connectivity index (χ1n) is 10.4. The number of benzene rings is 2. The Kier molecular flexibility index (Phi) is 4.87. The van der Waals surface area contributed by atoms with E-state index in [2.05, 4.69) is 16.4 Å². The second kappa shape index (κ2) is 7.69. The van der Waals surface area contributed by atoms with E-state index in [9.17, 15) is 9.18 Å². The predicted molar refractivity (Wildman–Crippen MR) is 115 cm³/mol. The van der Waals surface area contributed by atoms with Crippen molar-refractivity contribution < 1.29 is 13.9 Å². The minimum Gasteiger partial charge on any atom is -0.378 e. The number of pyridine rings is 1. The molecule has 0 unspecified atom stereocenters. The van der Waals surface area contributed by atoms with Crippen LogP contribution in [-0.2, 0) is 4.74 Å². The van der Waals surface area contributed by atoms with E-state index < -0.39 is 0 Å². The molecule has 2 fully saturated rings. The third-order valence-corrected chi connectivity index (χ3v) is 5.93. The fourth-order valence-corrected chi connectivity index (χ4v) is 4.14. The SMILES string of the molecule is Cc1cccc(Nc2ncc(C(=O)N3CCOCC3)c3c(C4CC4)cccc23)c1F. The average molecular weight is 405 g/mol. The lowest BCUT2D eigenvalue weighted by atomic mass is 9.97. The number of hydrogen-bond acceptors (Lipinski definition) is 4. The van der Waals surface area contributed by atoms with Crippen LogP contribution in [-0.4, -0.2) is 42.1 Å². The molecule has 3 aromatic rings. The van der Waals surface area contributed by atoms with E-state index in [0.717, 1.165) is 23.6 Å². The number of nitrogens with one attached hydrogen (secondary N) is 1. The standard InChI is InChI=1S/C24H24FN3O2/c1-15-4-2-7-20(22(15)25)27-23-18-6-3-5-17(16-8-9-16)21(18)19(14-26-23)24(29)28-10-12-30-13-11-28/h2-7,14,16H,8-13H2,1H3,(H,26,27). The molecular weight excluding hydrogens is 381 g/mol. The summed E-state index contributed by atoms with van der Waals surface area (Å²) < 4.78 is 20.0. The average Bonchev–Trinajstić information content (AvgIpc) is 3.62. The lowest BCUT2D eigenvalue weighted by molar-refractivity contribution is 0.0304. The molecule has 0 atom stereocenters. The molecule has 154 valence electrons. The molecule has 1 aliphatic carbocycles. The number of morpholine rings is 1. The lowest BCUT2D eigenvalue weighted by Crippen LogP contribution is -2.40. The summed E-state index contributed by atoms with van der Waals surface area (Å²) in [7, 11) is 0. The summed E-state index contributed by atoms with van der Waals surface area (Å²) in [5, 5.41) is 4.94. The van der Waals surface area contributed by atoms with Crippen LogP contribution >= 0.6 is 0 Å². The van der Waals surface area contributed by atoms with Gasteiger partial charge in [-0.05, 0) is 42.9 Å². The maximum Gasteiger partial charge on any atom is 0.256 e. The number of hydrogen-bond donors (Lipinski definition) is 1. The molecule has 1 saturated carbocycles. The van der Waals surface area contributed by atoms with Gasteiger partial charge in [0.15, 0.2) is 0 Å². The van der Waals surface area contributed by atoms with Gasteiger partial charge in [0, 0.05) is 30.1 Å². The molecule has 30 heavy (non-hydrogen) atoms. The number of anilines is 2. The number of aromatic nitrogens is 1. The van der Waals surface area contributed by atoms with Crippen LogP contribution in [0.3, 0.4) is 0 Å². The molecule has 2 heterocycles. The number of nitrogens with zero attached hydrogens (tertiary/aromatic N) is 2. The van der Waals surface area contributed by atoms with Gasteiger partial charge >= 0.3 is 0 Å². The minimum atomic E-state index is -0.292. The molecule has 1 aromatic heterocycles. The first-order valence-corrected chi connectivity index (χ1v) is 10.4. The number of fused-ring (bicyclic) bond motifs is 1. The molecule has 0 bridgehead atoms. The van der Waals surface area contributed by atoms with Crippen LogP contribution < -0.4 is 5.32 Å². The monoisotopic (exact) mass is 405 g/mol. The van der Waals surface area contributed by atoms with Crippen molar-refractivity contribution in [3.05, 3.63) is 65.1 Å². The van der Waals surface area contributed by atoms with Gasteiger partial charge in [0.1, 0.15) is 11.6 Å². The Morgan fingerprint density at radius 2 is 1.93 bits per heavy atom. The summed E-state index contributed by atoms with van der Waals surface area (Å²) in [6, 6.07) is 11.3. The van der Waals surface area contributed by atoms with E-state index in [4.69, 9.17) is 4.74 Å². The normalized spacial score (nSPS) is 16.7. The van der Waals surface area contributed by atoms with E-state index in [1.54, 1.807) is 25.3 Å². The van der Waals surface area contributed by atoms with Crippen molar-refractivity contribution in [1.82, 2.24) is 9.88 Å². The molecule has 1 saturated heterocycles. The number of rotatable bonds is 4. The molecule has 5 nitrogen and oxygen atoms in total. The first-order chi connectivity index (χ1) is 14.6. The van der Waals surface area contributed by atoms with Gasteiger partial charge in [-0.3, -0.25) is 4.79 Å². The third-order valence-electron chi connectivity index (χ3n) is 5.93. The Balaban J connectivity index is 1.63. The zero-order chi connectivity index (χ0) is 20.7. The van der Waals surface area contributed by atoms with Crippen molar-refractivity contribution >= 4 is 28.2 Å². The van der Waals surface area contributed by atoms with Crippen molar-refractivity contribution in [3.8, 4) is 0 Å². The number of halogens is 1. The van der Waals surface area contributed by atoms with Crippen molar-refractivity contribution in [2.24, 2.45) is 0 Å². The fourth-order valence-electron chi connectivity index (χ4n) is 4.14. The van der Waals surface area contributed by atoms with Crippen molar-refractivity contribution in [3.63, 3.8) is 0 Å². The summed E-state index contributed by atoms with van der Waals surface area (Å²) in [6.45, 7) is 4.01. The van der Waals surface area contributed by atoms with Gasteiger partial charge in [0.05, 0.1) is 24.5 Å². The van der Waals surface area contributed by atoms with Gasteiger partial charge in [0.2, 0.25) is 0 Å². The van der Waals surface area contributed by atoms with Gasteiger partial charge in [-0.1, -0.05) is 30.3 Å². The highest BCUT2D eigenvalue weighted by atomic mass is 19.1. The minimum absolute atomic E-state index is 0.0165. The molecule has 0 spiro atoms. The van der Waals surface area contributed by atoms with E-state index in [1.165, 1.54) is 5.56 Å². The Bertz CT molecular complexity index is 1120. The molecule has 0 radical (unpaired) electrons. The molecule has 1 N–H and O–H groups in total. The molecule has 2 aromatic carbocycles. The fraction of sp³-hybridized carbons (Fsp3) is 0.333. The summed E-state index contributed by atoms with van der Waals surface area (Å²) in [5.41, 5.74) is 2.75. The zero-order valence-electron chi connectivity index (χ0n) is 17.0. The number of amides is 1. The molecular formula is C24H24FN3O2. The zero-order valence-corrected chi connectivity index (χ0v) is 17.0. The highest BCUT2D eigenvalue weighted by Gasteiger charge is 2.29. The largest absolute Gasteiger partial charge is 0.378 e. The third kappa shape index (κ3) is 3.41. The van der Waals surface area contributed by atoms with Crippen molar-refractivity contribution in [1.29, 1.82) is 0 Å². The Labute approximate surface area is 174 Å². The molecule has 6 heteroatoms.